The lowest BCUT2D eigenvalue weighted by Gasteiger charge is -2.38. The Labute approximate surface area is 156 Å². The molecule has 0 unspecified atom stereocenters. The molecule has 0 bridgehead atoms. The van der Waals surface area contributed by atoms with Gasteiger partial charge in [-0.25, -0.2) is 4.39 Å². The highest BCUT2D eigenvalue weighted by molar-refractivity contribution is 5.95. The van der Waals surface area contributed by atoms with E-state index >= 15 is 0 Å². The number of piperidine rings is 1. The minimum absolute atomic E-state index is 0.0105. The lowest BCUT2D eigenvalue weighted by atomic mass is 9.87. The number of amides is 2. The van der Waals surface area contributed by atoms with Crippen molar-refractivity contribution in [3.63, 3.8) is 0 Å². The molecule has 3 rings (SSSR count). The second-order valence-electron chi connectivity index (χ2n) is 7.08. The summed E-state index contributed by atoms with van der Waals surface area (Å²) in [6.45, 7) is 3.57. The number of aryl methyl sites for hydroxylation is 1. The van der Waals surface area contributed by atoms with Crippen molar-refractivity contribution in [3.8, 4) is 0 Å². The van der Waals surface area contributed by atoms with Gasteiger partial charge in [-0.1, -0.05) is 6.07 Å². The van der Waals surface area contributed by atoms with Gasteiger partial charge in [0.2, 0.25) is 5.91 Å². The van der Waals surface area contributed by atoms with E-state index in [1.165, 1.54) is 17.0 Å². The number of hydrogen-bond acceptors (Lipinski definition) is 4. The number of carboxylic acids is 1. The number of carbonyl (C=O) groups is 3. The van der Waals surface area contributed by atoms with Crippen molar-refractivity contribution < 1.29 is 28.6 Å². The fourth-order valence-corrected chi connectivity index (χ4v) is 3.57. The molecule has 0 radical (unpaired) electrons. The van der Waals surface area contributed by atoms with Crippen LogP contribution in [-0.2, 0) is 14.3 Å². The van der Waals surface area contributed by atoms with E-state index in [0.29, 0.717) is 31.9 Å². The lowest BCUT2D eigenvalue weighted by molar-refractivity contribution is -0.148. The maximum absolute atomic E-state index is 13.8. The van der Waals surface area contributed by atoms with Gasteiger partial charge >= 0.3 is 5.97 Å². The summed E-state index contributed by atoms with van der Waals surface area (Å²) in [5.41, 5.74) is 0.579. The van der Waals surface area contributed by atoms with Gasteiger partial charge in [-0.2, -0.15) is 0 Å². The number of aliphatic carboxylic acids is 1. The molecule has 2 fully saturated rings. The van der Waals surface area contributed by atoms with Gasteiger partial charge in [0.15, 0.2) is 0 Å². The van der Waals surface area contributed by atoms with Crippen LogP contribution in [0.4, 0.5) is 4.39 Å². The molecule has 7 nitrogen and oxygen atoms in total. The number of ether oxygens (including phenoxy) is 1. The van der Waals surface area contributed by atoms with Gasteiger partial charge in [-0.3, -0.25) is 14.4 Å². The van der Waals surface area contributed by atoms with Crippen molar-refractivity contribution in [2.45, 2.75) is 13.3 Å². The number of halogens is 1. The lowest BCUT2D eigenvalue weighted by Crippen LogP contribution is -2.52. The van der Waals surface area contributed by atoms with E-state index < -0.39 is 29.5 Å². The summed E-state index contributed by atoms with van der Waals surface area (Å²) < 4.78 is 19.1. The summed E-state index contributed by atoms with van der Waals surface area (Å²) in [5.74, 6) is -3.56. The zero-order valence-electron chi connectivity index (χ0n) is 15.2. The van der Waals surface area contributed by atoms with Crippen molar-refractivity contribution in [3.05, 3.63) is 35.1 Å². The zero-order valence-corrected chi connectivity index (χ0v) is 15.2. The fourth-order valence-electron chi connectivity index (χ4n) is 3.57. The standard InChI is InChI=1S/C19H23FN2O5/c1-12-2-3-13(9-16(12)20)17(23)22-10-14(8-15(11-22)19(25)26)18(24)21-4-6-27-7-5-21/h2-3,9,14-15H,4-8,10-11H2,1H3,(H,25,26)/t14-,15-/m0/s1. The summed E-state index contributed by atoms with van der Waals surface area (Å²) in [5, 5.41) is 9.46. The molecule has 0 saturated carbocycles. The fraction of sp³-hybridized carbons (Fsp3) is 0.526. The zero-order chi connectivity index (χ0) is 19.6. The molecule has 1 N–H and O–H groups in total. The Bertz CT molecular complexity index is 748. The highest BCUT2D eigenvalue weighted by Crippen LogP contribution is 2.26. The average molecular weight is 378 g/mol. The molecular weight excluding hydrogens is 355 g/mol. The first-order valence-electron chi connectivity index (χ1n) is 9.01. The second kappa shape index (κ2) is 8.04. The number of rotatable bonds is 3. The van der Waals surface area contributed by atoms with E-state index in [1.54, 1.807) is 11.8 Å². The van der Waals surface area contributed by atoms with Crippen LogP contribution >= 0.6 is 0 Å². The SMILES string of the molecule is Cc1ccc(C(=O)N2C[C@@H](C(=O)O)C[C@H](C(=O)N3CCOCC3)C2)cc1F. The van der Waals surface area contributed by atoms with Crippen LogP contribution in [-0.4, -0.2) is 72.1 Å². The van der Waals surface area contributed by atoms with Crippen molar-refractivity contribution in [2.75, 3.05) is 39.4 Å². The van der Waals surface area contributed by atoms with Crippen molar-refractivity contribution in [1.82, 2.24) is 9.80 Å². The van der Waals surface area contributed by atoms with Crippen molar-refractivity contribution >= 4 is 17.8 Å². The Hall–Kier alpha value is -2.48. The van der Waals surface area contributed by atoms with E-state index in [0.717, 1.165) is 6.07 Å². The van der Waals surface area contributed by atoms with Crippen LogP contribution in [0.2, 0.25) is 0 Å². The Kier molecular flexibility index (Phi) is 5.74. The minimum Gasteiger partial charge on any atom is -0.481 e. The molecule has 2 aliphatic rings. The smallest absolute Gasteiger partial charge is 0.308 e. The summed E-state index contributed by atoms with van der Waals surface area (Å²) in [6.07, 6.45) is 0.192. The van der Waals surface area contributed by atoms with E-state index in [-0.39, 0.29) is 31.0 Å². The van der Waals surface area contributed by atoms with Gasteiger partial charge < -0.3 is 19.6 Å². The molecule has 0 aromatic heterocycles. The first-order chi connectivity index (χ1) is 12.9. The predicted molar refractivity (Wildman–Crippen MR) is 93.7 cm³/mol. The van der Waals surface area contributed by atoms with Crippen molar-refractivity contribution in [1.29, 1.82) is 0 Å². The highest BCUT2D eigenvalue weighted by Gasteiger charge is 2.39. The molecule has 27 heavy (non-hydrogen) atoms. The number of morpholine rings is 1. The van der Waals surface area contributed by atoms with Crippen LogP contribution in [0.3, 0.4) is 0 Å². The van der Waals surface area contributed by atoms with E-state index in [1.807, 2.05) is 0 Å². The molecule has 2 heterocycles. The molecule has 0 spiro atoms. The number of hydrogen-bond donors (Lipinski definition) is 1. The third-order valence-electron chi connectivity index (χ3n) is 5.18. The van der Waals surface area contributed by atoms with Crippen LogP contribution < -0.4 is 0 Å². The maximum Gasteiger partial charge on any atom is 0.308 e. The van der Waals surface area contributed by atoms with Gasteiger partial charge in [0.05, 0.1) is 25.0 Å². The maximum atomic E-state index is 13.8. The van der Waals surface area contributed by atoms with Crippen LogP contribution in [0.5, 0.6) is 0 Å². The van der Waals surface area contributed by atoms with Crippen LogP contribution in [0.25, 0.3) is 0 Å². The predicted octanol–water partition coefficient (Wildman–Crippen LogP) is 1.16. The molecule has 1 aromatic carbocycles. The Morgan fingerprint density at radius 1 is 1.11 bits per heavy atom. The minimum atomic E-state index is -1.04. The molecule has 2 amide bonds. The number of benzene rings is 1. The highest BCUT2D eigenvalue weighted by atomic mass is 19.1. The van der Waals surface area contributed by atoms with Gasteiger partial charge in [0, 0.05) is 31.7 Å². The number of likely N-dealkylation sites (tertiary alicyclic amines) is 1. The van der Waals surface area contributed by atoms with E-state index in [4.69, 9.17) is 4.74 Å². The third-order valence-corrected chi connectivity index (χ3v) is 5.18. The molecule has 2 saturated heterocycles. The number of nitrogens with zero attached hydrogens (tertiary/aromatic N) is 2. The Balaban J connectivity index is 1.79. The normalized spacial score (nSPS) is 23.2. The quantitative estimate of drug-likeness (QED) is 0.853. The first-order valence-corrected chi connectivity index (χ1v) is 9.01. The third kappa shape index (κ3) is 4.27. The number of carboxylic acid groups (broad SMARTS) is 1. The van der Waals surface area contributed by atoms with Crippen molar-refractivity contribution in [2.24, 2.45) is 11.8 Å². The van der Waals surface area contributed by atoms with Gasteiger partial charge in [0.1, 0.15) is 5.82 Å². The van der Waals surface area contributed by atoms with Crippen LogP contribution in [0.1, 0.15) is 22.3 Å². The summed E-state index contributed by atoms with van der Waals surface area (Å²) in [6, 6.07) is 4.18. The first kappa shape index (κ1) is 19.3. The largest absolute Gasteiger partial charge is 0.481 e. The topological polar surface area (TPSA) is 87.2 Å². The van der Waals surface area contributed by atoms with Gasteiger partial charge in [-0.05, 0) is 31.0 Å². The summed E-state index contributed by atoms with van der Waals surface area (Å²) >= 11 is 0. The summed E-state index contributed by atoms with van der Waals surface area (Å²) in [7, 11) is 0. The molecule has 146 valence electrons. The summed E-state index contributed by atoms with van der Waals surface area (Å²) in [4.78, 5) is 40.2. The van der Waals surface area contributed by atoms with Crippen LogP contribution in [0, 0.1) is 24.6 Å². The second-order valence-corrected chi connectivity index (χ2v) is 7.08. The van der Waals surface area contributed by atoms with Gasteiger partial charge in [0.25, 0.3) is 5.91 Å². The number of carbonyl (C=O) groups excluding carboxylic acids is 2. The van der Waals surface area contributed by atoms with E-state index in [2.05, 4.69) is 0 Å². The molecule has 2 atom stereocenters. The average Bonchev–Trinajstić information content (AvgIpc) is 2.69. The van der Waals surface area contributed by atoms with Crippen LogP contribution in [0.15, 0.2) is 18.2 Å². The molecular formula is C19H23FN2O5. The molecule has 1 aromatic rings. The van der Waals surface area contributed by atoms with E-state index in [9.17, 15) is 23.9 Å². The molecule has 2 aliphatic heterocycles. The molecule has 0 aliphatic carbocycles. The monoisotopic (exact) mass is 378 g/mol. The Morgan fingerprint density at radius 3 is 2.41 bits per heavy atom. The Morgan fingerprint density at radius 2 is 1.78 bits per heavy atom. The molecule has 8 heteroatoms. The van der Waals surface area contributed by atoms with Gasteiger partial charge in [-0.15, -0.1) is 0 Å².